The summed E-state index contributed by atoms with van der Waals surface area (Å²) in [6, 6.07) is 10.7. The normalized spacial score (nSPS) is 20.5. The van der Waals surface area contributed by atoms with Crippen LogP contribution in [0.4, 0.5) is 4.79 Å². The molecular formula is C20H28N4O. The summed E-state index contributed by atoms with van der Waals surface area (Å²) >= 11 is 0. The highest BCUT2D eigenvalue weighted by Crippen LogP contribution is 2.22. The molecule has 1 N–H and O–H groups in total. The number of nitrogens with zero attached hydrogens (tertiary/aromatic N) is 3. The van der Waals surface area contributed by atoms with E-state index in [-0.39, 0.29) is 6.03 Å². The van der Waals surface area contributed by atoms with Crippen LogP contribution in [0, 0.1) is 5.92 Å². The Labute approximate surface area is 150 Å². The van der Waals surface area contributed by atoms with Crippen LogP contribution < -0.4 is 5.32 Å². The monoisotopic (exact) mass is 340 g/mol. The molecule has 1 aliphatic rings. The van der Waals surface area contributed by atoms with Gasteiger partial charge in [0.05, 0.1) is 0 Å². The SMILES string of the molecule is C[C@H]1CCCN(C(=O)NCCc2nccn2Cc2ccccc2)[C@H]1C. The van der Waals surface area contributed by atoms with Gasteiger partial charge in [0.25, 0.3) is 0 Å². The highest BCUT2D eigenvalue weighted by atomic mass is 16.2. The van der Waals surface area contributed by atoms with Crippen molar-refractivity contribution in [3.8, 4) is 0 Å². The van der Waals surface area contributed by atoms with Gasteiger partial charge in [0.2, 0.25) is 0 Å². The summed E-state index contributed by atoms with van der Waals surface area (Å²) < 4.78 is 2.15. The number of benzene rings is 1. The fourth-order valence-electron chi connectivity index (χ4n) is 3.50. The number of aromatic nitrogens is 2. The molecule has 0 aliphatic carbocycles. The third-order valence-corrected chi connectivity index (χ3v) is 5.26. The third-order valence-electron chi connectivity index (χ3n) is 5.26. The molecule has 25 heavy (non-hydrogen) atoms. The highest BCUT2D eigenvalue weighted by molar-refractivity contribution is 5.74. The Morgan fingerprint density at radius 2 is 2.08 bits per heavy atom. The van der Waals surface area contributed by atoms with Gasteiger partial charge in [0, 0.05) is 44.5 Å². The Kier molecular flexibility index (Phi) is 5.74. The number of likely N-dealkylation sites (tertiary alicyclic amines) is 1. The van der Waals surface area contributed by atoms with Crippen molar-refractivity contribution in [2.24, 2.45) is 5.92 Å². The van der Waals surface area contributed by atoms with E-state index in [1.54, 1.807) is 0 Å². The first-order chi connectivity index (χ1) is 12.1. The first kappa shape index (κ1) is 17.5. The standard InChI is InChI=1S/C20H28N4O/c1-16-7-6-13-24(17(16)2)20(25)22-11-10-19-21-12-14-23(19)15-18-8-4-3-5-9-18/h3-5,8-9,12,14,16-17H,6-7,10-11,13,15H2,1-2H3,(H,22,25)/t16-,17-/m0/s1. The molecule has 2 atom stereocenters. The van der Waals surface area contributed by atoms with Gasteiger partial charge in [-0.25, -0.2) is 9.78 Å². The second-order valence-electron chi connectivity index (χ2n) is 6.99. The van der Waals surface area contributed by atoms with Crippen LogP contribution in [0.3, 0.4) is 0 Å². The maximum absolute atomic E-state index is 12.4. The van der Waals surface area contributed by atoms with E-state index >= 15 is 0 Å². The molecule has 1 fully saturated rings. The minimum Gasteiger partial charge on any atom is -0.338 e. The predicted molar refractivity (Wildman–Crippen MR) is 99.4 cm³/mol. The van der Waals surface area contributed by atoms with Crippen LogP contribution in [0.15, 0.2) is 42.7 Å². The second-order valence-corrected chi connectivity index (χ2v) is 6.99. The minimum atomic E-state index is 0.0558. The van der Waals surface area contributed by atoms with Crippen LogP contribution in [-0.2, 0) is 13.0 Å². The quantitative estimate of drug-likeness (QED) is 0.908. The molecule has 0 unspecified atom stereocenters. The van der Waals surface area contributed by atoms with E-state index in [0.29, 0.717) is 18.5 Å². The van der Waals surface area contributed by atoms with Crippen LogP contribution in [0.25, 0.3) is 0 Å². The van der Waals surface area contributed by atoms with Gasteiger partial charge < -0.3 is 14.8 Å². The molecule has 2 heterocycles. The lowest BCUT2D eigenvalue weighted by Gasteiger charge is -2.37. The van der Waals surface area contributed by atoms with Crippen molar-refractivity contribution < 1.29 is 4.79 Å². The van der Waals surface area contributed by atoms with E-state index < -0.39 is 0 Å². The molecule has 2 amide bonds. The molecule has 0 spiro atoms. The lowest BCUT2D eigenvalue weighted by Crippen LogP contribution is -2.50. The molecule has 1 saturated heterocycles. The number of carbonyl (C=O) groups excluding carboxylic acids is 1. The van der Waals surface area contributed by atoms with E-state index in [9.17, 15) is 4.79 Å². The first-order valence-corrected chi connectivity index (χ1v) is 9.23. The van der Waals surface area contributed by atoms with Crippen molar-refractivity contribution in [2.75, 3.05) is 13.1 Å². The average Bonchev–Trinajstić information content (AvgIpc) is 3.05. The molecule has 2 aromatic rings. The molecule has 0 radical (unpaired) electrons. The Morgan fingerprint density at radius 3 is 2.88 bits per heavy atom. The predicted octanol–water partition coefficient (Wildman–Crippen LogP) is 3.30. The Bertz CT molecular complexity index is 682. The Balaban J connectivity index is 1.51. The number of amides is 2. The molecule has 3 rings (SSSR count). The van der Waals surface area contributed by atoms with Crippen LogP contribution in [-0.4, -0.2) is 39.6 Å². The molecule has 5 heteroatoms. The molecule has 1 aliphatic heterocycles. The van der Waals surface area contributed by atoms with Gasteiger partial charge in [-0.05, 0) is 31.2 Å². The number of nitrogens with one attached hydrogen (secondary N) is 1. The van der Waals surface area contributed by atoms with E-state index in [1.807, 2.05) is 35.5 Å². The summed E-state index contributed by atoms with van der Waals surface area (Å²) in [6.45, 7) is 6.66. The average molecular weight is 340 g/mol. The largest absolute Gasteiger partial charge is 0.338 e. The van der Waals surface area contributed by atoms with Crippen LogP contribution in [0.2, 0.25) is 0 Å². The summed E-state index contributed by atoms with van der Waals surface area (Å²) in [5.41, 5.74) is 1.25. The maximum atomic E-state index is 12.4. The van der Waals surface area contributed by atoms with Crippen LogP contribution in [0.1, 0.15) is 38.1 Å². The molecule has 0 saturated carbocycles. The van der Waals surface area contributed by atoms with Crippen molar-refractivity contribution in [3.63, 3.8) is 0 Å². The van der Waals surface area contributed by atoms with E-state index in [0.717, 1.165) is 31.8 Å². The van der Waals surface area contributed by atoms with Gasteiger partial charge in [0.1, 0.15) is 5.82 Å². The van der Waals surface area contributed by atoms with Crippen LogP contribution in [0.5, 0.6) is 0 Å². The van der Waals surface area contributed by atoms with Crippen molar-refractivity contribution in [3.05, 3.63) is 54.1 Å². The molecule has 1 aromatic carbocycles. The highest BCUT2D eigenvalue weighted by Gasteiger charge is 2.28. The zero-order chi connectivity index (χ0) is 17.6. The Hall–Kier alpha value is -2.30. The number of rotatable bonds is 5. The van der Waals surface area contributed by atoms with Gasteiger partial charge in [-0.2, -0.15) is 0 Å². The molecule has 0 bridgehead atoms. The van der Waals surface area contributed by atoms with Crippen molar-refractivity contribution in [2.45, 2.75) is 45.7 Å². The van der Waals surface area contributed by atoms with E-state index in [4.69, 9.17) is 0 Å². The zero-order valence-corrected chi connectivity index (χ0v) is 15.2. The number of hydrogen-bond donors (Lipinski definition) is 1. The number of urea groups is 1. The van der Waals surface area contributed by atoms with Crippen molar-refractivity contribution >= 4 is 6.03 Å². The van der Waals surface area contributed by atoms with Gasteiger partial charge in [-0.15, -0.1) is 0 Å². The fraction of sp³-hybridized carbons (Fsp3) is 0.500. The summed E-state index contributed by atoms with van der Waals surface area (Å²) in [5.74, 6) is 1.58. The van der Waals surface area contributed by atoms with Crippen molar-refractivity contribution in [1.82, 2.24) is 19.8 Å². The second kappa shape index (κ2) is 8.19. The van der Waals surface area contributed by atoms with Crippen molar-refractivity contribution in [1.29, 1.82) is 0 Å². The summed E-state index contributed by atoms with van der Waals surface area (Å²) in [4.78, 5) is 18.9. The number of carbonyl (C=O) groups is 1. The Morgan fingerprint density at radius 1 is 1.28 bits per heavy atom. The topological polar surface area (TPSA) is 50.2 Å². The molecular weight excluding hydrogens is 312 g/mol. The number of hydrogen-bond acceptors (Lipinski definition) is 2. The third kappa shape index (κ3) is 4.41. The maximum Gasteiger partial charge on any atom is 0.317 e. The van der Waals surface area contributed by atoms with E-state index in [1.165, 1.54) is 12.0 Å². The summed E-state index contributed by atoms with van der Waals surface area (Å²) in [6.07, 6.45) is 6.87. The molecule has 134 valence electrons. The van der Waals surface area contributed by atoms with Gasteiger partial charge in [-0.3, -0.25) is 0 Å². The molecule has 5 nitrogen and oxygen atoms in total. The number of imidazole rings is 1. The lowest BCUT2D eigenvalue weighted by molar-refractivity contribution is 0.129. The van der Waals surface area contributed by atoms with Gasteiger partial charge in [-0.1, -0.05) is 37.3 Å². The summed E-state index contributed by atoms with van der Waals surface area (Å²) in [7, 11) is 0. The number of piperidine rings is 1. The van der Waals surface area contributed by atoms with Gasteiger partial charge in [0.15, 0.2) is 0 Å². The zero-order valence-electron chi connectivity index (χ0n) is 15.2. The smallest absolute Gasteiger partial charge is 0.317 e. The summed E-state index contributed by atoms with van der Waals surface area (Å²) in [5, 5.41) is 3.07. The first-order valence-electron chi connectivity index (χ1n) is 9.23. The molecule has 1 aromatic heterocycles. The van der Waals surface area contributed by atoms with E-state index in [2.05, 4.69) is 40.8 Å². The van der Waals surface area contributed by atoms with Crippen LogP contribution >= 0.6 is 0 Å². The fourth-order valence-corrected chi connectivity index (χ4v) is 3.50. The lowest BCUT2D eigenvalue weighted by atomic mass is 9.92. The van der Waals surface area contributed by atoms with Gasteiger partial charge >= 0.3 is 6.03 Å². The minimum absolute atomic E-state index is 0.0558.